The molecule has 5 heteroatoms. The summed E-state index contributed by atoms with van der Waals surface area (Å²) in [4.78, 5) is 38.3. The summed E-state index contributed by atoms with van der Waals surface area (Å²) in [6.45, 7) is 8.19. The van der Waals surface area contributed by atoms with Gasteiger partial charge in [-0.05, 0) is 42.4 Å². The van der Waals surface area contributed by atoms with Crippen molar-refractivity contribution >= 4 is 31.0 Å². The first-order chi connectivity index (χ1) is 14.3. The first-order valence-electron chi connectivity index (χ1n) is 11.5. The molecule has 0 aliphatic carbocycles. The number of imide groups is 1. The molecule has 1 aromatic rings. The van der Waals surface area contributed by atoms with Gasteiger partial charge in [-0.1, -0.05) is 71.9 Å². The molecule has 0 bridgehead atoms. The standard InChI is InChI=1S/C25H36BNO3/c1-5-6-7-8-9-10-17(2)22-16-23(28)27(25(22)30)21-13-11-20(12-14-21)18(3)15-19(4)24(26)29/h11-14,17-19,22H,5-10,15-16H2,1-4H3. The van der Waals surface area contributed by atoms with Gasteiger partial charge in [0, 0.05) is 12.3 Å². The third kappa shape index (κ3) is 6.29. The van der Waals surface area contributed by atoms with Gasteiger partial charge in [-0.15, -0.1) is 0 Å². The summed E-state index contributed by atoms with van der Waals surface area (Å²) in [5.74, 6) is -0.172. The molecule has 1 saturated heterocycles. The van der Waals surface area contributed by atoms with Crippen LogP contribution in [0.2, 0.25) is 0 Å². The predicted molar refractivity (Wildman–Crippen MR) is 123 cm³/mol. The third-order valence-corrected chi connectivity index (χ3v) is 6.54. The second kappa shape index (κ2) is 11.5. The Morgan fingerprint density at radius 1 is 1.07 bits per heavy atom. The Balaban J connectivity index is 1.97. The van der Waals surface area contributed by atoms with Crippen LogP contribution < -0.4 is 4.90 Å². The quantitative estimate of drug-likeness (QED) is 0.264. The summed E-state index contributed by atoms with van der Waals surface area (Å²) < 4.78 is 0. The molecule has 1 heterocycles. The van der Waals surface area contributed by atoms with Crippen molar-refractivity contribution in [1.82, 2.24) is 0 Å². The zero-order chi connectivity index (χ0) is 22.3. The maximum absolute atomic E-state index is 13.0. The molecule has 2 rings (SSSR count). The van der Waals surface area contributed by atoms with Gasteiger partial charge in [0.05, 0.1) is 17.3 Å². The number of anilines is 1. The highest BCUT2D eigenvalue weighted by atomic mass is 16.2. The largest absolute Gasteiger partial charge is 0.312 e. The van der Waals surface area contributed by atoms with Crippen LogP contribution in [-0.4, -0.2) is 25.3 Å². The molecule has 0 spiro atoms. The van der Waals surface area contributed by atoms with E-state index < -0.39 is 0 Å². The number of carbonyl (C=O) groups is 3. The van der Waals surface area contributed by atoms with Crippen molar-refractivity contribution < 1.29 is 14.4 Å². The lowest BCUT2D eigenvalue weighted by atomic mass is 9.82. The second-order valence-electron chi connectivity index (χ2n) is 9.09. The Morgan fingerprint density at radius 2 is 1.70 bits per heavy atom. The van der Waals surface area contributed by atoms with E-state index in [-0.39, 0.29) is 41.2 Å². The van der Waals surface area contributed by atoms with E-state index in [0.29, 0.717) is 18.5 Å². The topological polar surface area (TPSA) is 54.5 Å². The Bertz CT molecular complexity index is 730. The maximum atomic E-state index is 13.0. The molecule has 4 nitrogen and oxygen atoms in total. The highest BCUT2D eigenvalue weighted by molar-refractivity contribution is 6.58. The van der Waals surface area contributed by atoms with Gasteiger partial charge in [-0.3, -0.25) is 14.5 Å². The van der Waals surface area contributed by atoms with Gasteiger partial charge in [0.15, 0.2) is 7.85 Å². The van der Waals surface area contributed by atoms with Crippen LogP contribution in [0.3, 0.4) is 0 Å². The Kier molecular flexibility index (Phi) is 9.32. The number of hydrogen-bond acceptors (Lipinski definition) is 3. The molecule has 1 aromatic carbocycles. The number of unbranched alkanes of at least 4 members (excludes halogenated alkanes) is 4. The first-order valence-corrected chi connectivity index (χ1v) is 11.5. The molecule has 0 N–H and O–H groups in total. The lowest BCUT2D eigenvalue weighted by Crippen LogP contribution is -2.31. The van der Waals surface area contributed by atoms with E-state index in [4.69, 9.17) is 7.85 Å². The van der Waals surface area contributed by atoms with Gasteiger partial charge in [-0.25, -0.2) is 0 Å². The minimum Gasteiger partial charge on any atom is -0.312 e. The summed E-state index contributed by atoms with van der Waals surface area (Å²) in [6.07, 6.45) is 8.03. The monoisotopic (exact) mass is 409 g/mol. The van der Waals surface area contributed by atoms with Crippen LogP contribution in [0, 0.1) is 17.8 Å². The van der Waals surface area contributed by atoms with E-state index in [2.05, 4.69) is 20.8 Å². The van der Waals surface area contributed by atoms with E-state index in [1.54, 1.807) is 0 Å². The number of benzene rings is 1. The smallest absolute Gasteiger partial charge is 0.237 e. The number of nitrogens with zero attached hydrogens (tertiary/aromatic N) is 1. The SMILES string of the molecule is [B]C(=O)C(C)CC(C)c1ccc(N2C(=O)CC(C(C)CCCCCCC)C2=O)cc1. The molecule has 4 atom stereocenters. The van der Waals surface area contributed by atoms with Gasteiger partial charge < -0.3 is 4.79 Å². The van der Waals surface area contributed by atoms with Crippen molar-refractivity contribution in [2.24, 2.45) is 17.8 Å². The minimum atomic E-state index is -0.294. The molecule has 1 fully saturated rings. The van der Waals surface area contributed by atoms with Gasteiger partial charge in [-0.2, -0.15) is 0 Å². The van der Waals surface area contributed by atoms with Crippen LogP contribution in [0.5, 0.6) is 0 Å². The fourth-order valence-electron chi connectivity index (χ4n) is 4.38. The van der Waals surface area contributed by atoms with Crippen molar-refractivity contribution in [2.75, 3.05) is 4.90 Å². The average molecular weight is 409 g/mol. The van der Waals surface area contributed by atoms with E-state index in [1.165, 1.54) is 30.6 Å². The lowest BCUT2D eigenvalue weighted by Gasteiger charge is -2.20. The van der Waals surface area contributed by atoms with Crippen molar-refractivity contribution in [1.29, 1.82) is 0 Å². The lowest BCUT2D eigenvalue weighted by molar-refractivity contribution is -0.123. The Morgan fingerprint density at radius 3 is 2.30 bits per heavy atom. The van der Waals surface area contributed by atoms with Gasteiger partial charge >= 0.3 is 0 Å². The van der Waals surface area contributed by atoms with Crippen molar-refractivity contribution in [3.63, 3.8) is 0 Å². The molecule has 2 amide bonds. The molecule has 2 radical (unpaired) electrons. The van der Waals surface area contributed by atoms with Crippen LogP contribution >= 0.6 is 0 Å². The van der Waals surface area contributed by atoms with Crippen LogP contribution in [0.25, 0.3) is 0 Å². The van der Waals surface area contributed by atoms with E-state index in [1.807, 2.05) is 31.2 Å². The van der Waals surface area contributed by atoms with Crippen LogP contribution in [0.1, 0.15) is 90.5 Å². The molecule has 1 aliphatic rings. The van der Waals surface area contributed by atoms with Crippen molar-refractivity contribution in [3.8, 4) is 0 Å². The van der Waals surface area contributed by atoms with Crippen molar-refractivity contribution in [3.05, 3.63) is 29.8 Å². The van der Waals surface area contributed by atoms with Crippen LogP contribution in [0.15, 0.2) is 24.3 Å². The van der Waals surface area contributed by atoms with E-state index >= 15 is 0 Å². The van der Waals surface area contributed by atoms with E-state index in [9.17, 15) is 14.4 Å². The number of carbonyl (C=O) groups excluding carboxylic acids is 3. The molecule has 162 valence electrons. The highest BCUT2D eigenvalue weighted by Gasteiger charge is 2.41. The molecule has 0 saturated carbocycles. The summed E-state index contributed by atoms with van der Waals surface area (Å²) >= 11 is 0. The Hall–Kier alpha value is -1.91. The molecular formula is C25H36BNO3. The highest BCUT2D eigenvalue weighted by Crippen LogP contribution is 2.34. The van der Waals surface area contributed by atoms with Crippen molar-refractivity contribution in [2.45, 2.75) is 85.0 Å². The van der Waals surface area contributed by atoms with E-state index in [0.717, 1.165) is 18.4 Å². The van der Waals surface area contributed by atoms with Gasteiger partial charge in [0.1, 0.15) is 0 Å². The molecule has 30 heavy (non-hydrogen) atoms. The third-order valence-electron chi connectivity index (χ3n) is 6.54. The molecule has 0 aromatic heterocycles. The molecule has 1 aliphatic heterocycles. The summed E-state index contributed by atoms with van der Waals surface area (Å²) in [5.41, 5.74) is 1.42. The zero-order valence-electron chi connectivity index (χ0n) is 19.0. The first kappa shape index (κ1) is 24.4. The second-order valence-corrected chi connectivity index (χ2v) is 9.09. The number of amides is 2. The molecule has 4 unspecified atom stereocenters. The fourth-order valence-corrected chi connectivity index (χ4v) is 4.38. The minimum absolute atomic E-state index is 0.0655. The zero-order valence-corrected chi connectivity index (χ0v) is 19.0. The number of rotatable bonds is 12. The summed E-state index contributed by atoms with van der Waals surface area (Å²) in [5, 5.41) is 0. The van der Waals surface area contributed by atoms with Gasteiger partial charge in [0.2, 0.25) is 11.8 Å². The Labute approximate surface area is 183 Å². The summed E-state index contributed by atoms with van der Waals surface area (Å²) in [7, 11) is 5.37. The fraction of sp³-hybridized carbons (Fsp3) is 0.640. The van der Waals surface area contributed by atoms with Crippen LogP contribution in [0.4, 0.5) is 5.69 Å². The summed E-state index contributed by atoms with van der Waals surface area (Å²) in [6, 6.07) is 7.57. The maximum Gasteiger partial charge on any atom is 0.237 e. The molecular weight excluding hydrogens is 373 g/mol. The normalized spacial score (nSPS) is 19.7. The predicted octanol–water partition coefficient (Wildman–Crippen LogP) is 5.39. The van der Waals surface area contributed by atoms with Crippen LogP contribution in [-0.2, 0) is 14.4 Å². The average Bonchev–Trinajstić information content (AvgIpc) is 3.01. The number of hydrogen-bond donors (Lipinski definition) is 0. The van der Waals surface area contributed by atoms with Gasteiger partial charge in [0.25, 0.3) is 0 Å².